The van der Waals surface area contributed by atoms with E-state index in [2.05, 4.69) is 10.5 Å². The molecule has 13 heteroatoms. The van der Waals surface area contributed by atoms with Gasteiger partial charge in [0.15, 0.2) is 10.7 Å². The van der Waals surface area contributed by atoms with Crippen molar-refractivity contribution >= 4 is 22.3 Å². The molecule has 3 aliphatic rings. The average molecular weight is 622 g/mol. The lowest BCUT2D eigenvalue weighted by atomic mass is 9.99. The molecule has 8 nitrogen and oxygen atoms in total. The molecule has 1 aromatic heterocycles. The topological polar surface area (TPSA) is 102 Å². The summed E-state index contributed by atoms with van der Waals surface area (Å²) in [5, 5.41) is 5.44. The van der Waals surface area contributed by atoms with Gasteiger partial charge in [-0.2, -0.15) is 13.2 Å². The maximum absolute atomic E-state index is 15.2. The molecule has 1 amide bonds. The summed E-state index contributed by atoms with van der Waals surface area (Å²) in [5.74, 6) is -0.456. The van der Waals surface area contributed by atoms with Crippen LogP contribution in [0.25, 0.3) is 11.3 Å². The van der Waals surface area contributed by atoms with E-state index in [9.17, 15) is 26.4 Å². The van der Waals surface area contributed by atoms with Gasteiger partial charge in [-0.3, -0.25) is 4.79 Å². The van der Waals surface area contributed by atoms with Crippen molar-refractivity contribution in [1.29, 1.82) is 0 Å². The summed E-state index contributed by atoms with van der Waals surface area (Å²) < 4.78 is 90.9. The summed E-state index contributed by atoms with van der Waals surface area (Å²) in [5.41, 5.74) is 0.265. The monoisotopic (exact) mass is 621 g/mol. The normalized spacial score (nSPS) is 22.4. The third kappa shape index (κ3) is 5.88. The van der Waals surface area contributed by atoms with E-state index in [4.69, 9.17) is 9.26 Å². The highest BCUT2D eigenvalue weighted by atomic mass is 32.2. The summed E-state index contributed by atoms with van der Waals surface area (Å²) in [6, 6.07) is 9.43. The number of nitrogens with zero attached hydrogens (tertiary/aromatic N) is 2. The summed E-state index contributed by atoms with van der Waals surface area (Å²) >= 11 is 0. The zero-order valence-electron chi connectivity index (χ0n) is 23.3. The zero-order chi connectivity index (χ0) is 30.5. The summed E-state index contributed by atoms with van der Waals surface area (Å²) in [4.78, 5) is 14.4. The molecule has 43 heavy (non-hydrogen) atoms. The van der Waals surface area contributed by atoms with Gasteiger partial charge in [-0.15, -0.1) is 0 Å². The number of ether oxygens (including phenoxy) is 1. The minimum absolute atomic E-state index is 0.00561. The molecular formula is C30H31F4N3O5S. The van der Waals surface area contributed by atoms with Gasteiger partial charge in [-0.05, 0) is 56.4 Å². The number of thiol groups is 1. The molecule has 1 aliphatic heterocycles. The average Bonchev–Trinajstić information content (AvgIpc) is 3.42. The Kier molecular flexibility index (Phi) is 7.97. The van der Waals surface area contributed by atoms with Gasteiger partial charge in [0, 0.05) is 41.1 Å². The van der Waals surface area contributed by atoms with Crippen LogP contribution in [-0.4, -0.2) is 43.5 Å². The minimum Gasteiger partial charge on any atom is -0.373 e. The number of amides is 1. The fourth-order valence-corrected chi connectivity index (χ4v) is 6.81. The minimum atomic E-state index is -4.55. The molecule has 2 bridgehead atoms. The molecule has 230 valence electrons. The highest BCUT2D eigenvalue weighted by Gasteiger charge is 2.46. The van der Waals surface area contributed by atoms with Crippen LogP contribution in [0.3, 0.4) is 0 Å². The smallest absolute Gasteiger partial charge is 0.373 e. The van der Waals surface area contributed by atoms with E-state index < -0.39 is 39.5 Å². The number of benzene rings is 2. The first-order valence-electron chi connectivity index (χ1n) is 14.3. The molecule has 1 saturated heterocycles. The predicted octanol–water partition coefficient (Wildman–Crippen LogP) is 5.64. The highest BCUT2D eigenvalue weighted by molar-refractivity contribution is 7.73. The molecule has 1 unspecified atom stereocenters. The molecule has 0 spiro atoms. The molecule has 3 aromatic rings. The van der Waals surface area contributed by atoms with E-state index in [0.717, 1.165) is 31.4 Å². The van der Waals surface area contributed by atoms with Crippen LogP contribution in [0.1, 0.15) is 72.2 Å². The van der Waals surface area contributed by atoms with E-state index in [1.807, 2.05) is 4.90 Å². The van der Waals surface area contributed by atoms with E-state index in [1.54, 1.807) is 13.0 Å². The fourth-order valence-electron chi connectivity index (χ4n) is 6.29. The number of anilines is 1. The van der Waals surface area contributed by atoms with Gasteiger partial charge in [-0.1, -0.05) is 30.3 Å². The molecular weight excluding hydrogens is 590 g/mol. The van der Waals surface area contributed by atoms with Crippen LogP contribution in [0.2, 0.25) is 0 Å². The first-order chi connectivity index (χ1) is 20.5. The first-order valence-corrected chi connectivity index (χ1v) is 15.6. The van der Waals surface area contributed by atoms with Crippen LogP contribution in [0.4, 0.5) is 23.2 Å². The van der Waals surface area contributed by atoms with Crippen LogP contribution < -0.4 is 10.2 Å². The Morgan fingerprint density at radius 1 is 1.19 bits per heavy atom. The molecule has 2 saturated carbocycles. The number of alkyl halides is 3. The van der Waals surface area contributed by atoms with Crippen LogP contribution in [0.5, 0.6) is 0 Å². The Morgan fingerprint density at radius 3 is 2.58 bits per heavy atom. The van der Waals surface area contributed by atoms with Gasteiger partial charge in [0.1, 0.15) is 22.6 Å². The van der Waals surface area contributed by atoms with Crippen LogP contribution in [0.15, 0.2) is 47.0 Å². The molecule has 2 aliphatic carbocycles. The lowest BCUT2D eigenvalue weighted by Crippen LogP contribution is -2.39. The van der Waals surface area contributed by atoms with Crippen molar-refractivity contribution in [2.75, 3.05) is 11.4 Å². The molecule has 1 N–H and O–H groups in total. The van der Waals surface area contributed by atoms with Crippen molar-refractivity contribution in [2.45, 2.75) is 75.2 Å². The number of carbonyl (C=O) groups is 1. The van der Waals surface area contributed by atoms with Crippen LogP contribution in [-0.2, 0) is 28.2 Å². The van der Waals surface area contributed by atoms with Crippen molar-refractivity contribution in [3.8, 4) is 11.3 Å². The number of piperidine rings is 1. The standard InChI is InChI=1S/C30H31F4N3O5S/c1-2-26(43(39)40)35-29(38)17-9-10-24(23(31)12-17)37-14-18-11-19(37)13-25(18)41-15-21-27(36-42-28(21)16-7-8-16)20-5-3-4-6-22(20)30(32,33)34/h3-6,9-10,12,16,18-19,25-26,43H,2,7-8,11,13-15H2,1H3,(H,35,38)/t18-,19-,25+,26?/m0/s1. The van der Waals surface area contributed by atoms with Crippen molar-refractivity contribution in [3.63, 3.8) is 0 Å². The van der Waals surface area contributed by atoms with E-state index >= 15 is 4.39 Å². The first kappa shape index (κ1) is 29.6. The lowest BCUT2D eigenvalue weighted by Gasteiger charge is -2.33. The molecule has 2 heterocycles. The molecule has 3 fully saturated rings. The Bertz CT molecular complexity index is 1590. The second-order valence-electron chi connectivity index (χ2n) is 11.4. The Balaban J connectivity index is 1.14. The number of hydrogen-bond acceptors (Lipinski definition) is 7. The van der Waals surface area contributed by atoms with Gasteiger partial charge >= 0.3 is 6.18 Å². The lowest BCUT2D eigenvalue weighted by molar-refractivity contribution is -0.137. The SMILES string of the molecule is CCC(NC(=O)c1ccc(N2C[C@@H]3C[C@H]2C[C@H]3OCc2c(-c3ccccc3C(F)(F)F)noc2C2CC2)c(F)c1)[SH](=O)=O. The van der Waals surface area contributed by atoms with Gasteiger partial charge in [0.25, 0.3) is 5.91 Å². The van der Waals surface area contributed by atoms with Crippen LogP contribution >= 0.6 is 0 Å². The molecule has 6 rings (SSSR count). The maximum atomic E-state index is 15.2. The number of halogens is 4. The van der Waals surface area contributed by atoms with E-state index in [1.165, 1.54) is 24.3 Å². The number of hydrogen-bond donors (Lipinski definition) is 2. The van der Waals surface area contributed by atoms with Crippen molar-refractivity contribution in [2.24, 2.45) is 5.92 Å². The zero-order valence-corrected chi connectivity index (χ0v) is 24.2. The van der Waals surface area contributed by atoms with E-state index in [0.29, 0.717) is 30.0 Å². The third-order valence-electron chi connectivity index (χ3n) is 8.63. The molecule has 4 atom stereocenters. The third-order valence-corrected chi connectivity index (χ3v) is 9.63. The van der Waals surface area contributed by atoms with Crippen molar-refractivity contribution in [3.05, 3.63) is 70.7 Å². The quantitative estimate of drug-likeness (QED) is 0.223. The Hall–Kier alpha value is -3.45. The van der Waals surface area contributed by atoms with Crippen molar-refractivity contribution in [1.82, 2.24) is 10.5 Å². The fraction of sp³-hybridized carbons (Fsp3) is 0.467. The number of fused-ring (bicyclic) bond motifs is 2. The second kappa shape index (κ2) is 11.6. The highest BCUT2D eigenvalue weighted by Crippen LogP contribution is 2.47. The molecule has 0 radical (unpaired) electrons. The Labute approximate surface area is 247 Å². The van der Waals surface area contributed by atoms with Gasteiger partial charge in [0.2, 0.25) is 0 Å². The number of nitrogens with one attached hydrogen (secondary N) is 1. The van der Waals surface area contributed by atoms with Gasteiger partial charge < -0.3 is 19.5 Å². The molecule has 2 aromatic carbocycles. The summed E-state index contributed by atoms with van der Waals surface area (Å²) in [6.45, 7) is 2.22. The van der Waals surface area contributed by atoms with Gasteiger partial charge in [0.05, 0.1) is 24.0 Å². The summed E-state index contributed by atoms with van der Waals surface area (Å²) in [7, 11) is -2.85. The number of carbonyl (C=O) groups excluding carboxylic acids is 1. The largest absolute Gasteiger partial charge is 0.417 e. The Morgan fingerprint density at radius 2 is 1.95 bits per heavy atom. The van der Waals surface area contributed by atoms with Crippen molar-refractivity contribution < 1.29 is 40.0 Å². The number of aromatic nitrogens is 1. The maximum Gasteiger partial charge on any atom is 0.417 e. The second-order valence-corrected chi connectivity index (χ2v) is 12.6. The van der Waals surface area contributed by atoms with Crippen LogP contribution in [0, 0.1) is 11.7 Å². The predicted molar refractivity (Wildman–Crippen MR) is 150 cm³/mol. The van der Waals surface area contributed by atoms with Gasteiger partial charge in [-0.25, -0.2) is 12.8 Å². The summed E-state index contributed by atoms with van der Waals surface area (Å²) in [6.07, 6.45) is -1.36. The number of rotatable bonds is 10. The van der Waals surface area contributed by atoms with E-state index in [-0.39, 0.29) is 53.8 Å².